The summed E-state index contributed by atoms with van der Waals surface area (Å²) >= 11 is 0. The fraction of sp³-hybridized carbons (Fsp3) is 0.111. The van der Waals surface area contributed by atoms with Crippen LogP contribution in [0.4, 0.5) is 5.69 Å². The van der Waals surface area contributed by atoms with E-state index in [9.17, 15) is 13.2 Å². The third kappa shape index (κ3) is 3.60. The van der Waals surface area contributed by atoms with Gasteiger partial charge in [0.15, 0.2) is 11.5 Å². The van der Waals surface area contributed by atoms with Crippen molar-refractivity contribution in [3.05, 3.63) is 60.3 Å². The number of nitrogens with one attached hydrogen (secondary N) is 1. The maximum atomic E-state index is 12.7. The number of carbonyl (C=O) groups excluding carboxylic acids is 1. The molecule has 0 radical (unpaired) electrons. The van der Waals surface area contributed by atoms with Crippen molar-refractivity contribution in [2.24, 2.45) is 0 Å². The van der Waals surface area contributed by atoms with Gasteiger partial charge in [0.25, 0.3) is 10.0 Å². The summed E-state index contributed by atoms with van der Waals surface area (Å²) in [6.45, 7) is 1.44. The van der Waals surface area contributed by atoms with E-state index in [4.69, 9.17) is 9.26 Å². The van der Waals surface area contributed by atoms with Crippen LogP contribution in [-0.4, -0.2) is 26.5 Å². The number of rotatable bonds is 6. The molecule has 0 aliphatic rings. The van der Waals surface area contributed by atoms with Gasteiger partial charge in [0.1, 0.15) is 10.6 Å². The van der Waals surface area contributed by atoms with Gasteiger partial charge in [-0.3, -0.25) is 9.52 Å². The summed E-state index contributed by atoms with van der Waals surface area (Å²) in [7, 11) is -2.49. The second-order valence-electron chi connectivity index (χ2n) is 5.48. The SMILES string of the molecule is COc1cc(-c2ccno2)ccc1S(=O)(=O)Nc1ccc(C(C)=O)cc1. The van der Waals surface area contributed by atoms with Crippen LogP contribution in [0.3, 0.4) is 0 Å². The van der Waals surface area contributed by atoms with Crippen LogP contribution < -0.4 is 9.46 Å². The first-order chi connectivity index (χ1) is 12.4. The van der Waals surface area contributed by atoms with E-state index in [1.807, 2.05) is 0 Å². The molecule has 0 saturated carbocycles. The maximum absolute atomic E-state index is 12.7. The molecule has 0 saturated heterocycles. The largest absolute Gasteiger partial charge is 0.495 e. The van der Waals surface area contributed by atoms with Gasteiger partial charge in [0.2, 0.25) is 0 Å². The predicted octanol–water partition coefficient (Wildman–Crippen LogP) is 3.35. The lowest BCUT2D eigenvalue weighted by atomic mass is 10.1. The lowest BCUT2D eigenvalue weighted by Crippen LogP contribution is -2.14. The van der Waals surface area contributed by atoms with Crippen molar-refractivity contribution in [1.82, 2.24) is 5.16 Å². The van der Waals surface area contributed by atoms with E-state index < -0.39 is 10.0 Å². The molecule has 1 N–H and O–H groups in total. The van der Waals surface area contributed by atoms with Gasteiger partial charge in [-0.1, -0.05) is 5.16 Å². The fourth-order valence-electron chi connectivity index (χ4n) is 2.39. The van der Waals surface area contributed by atoms with Gasteiger partial charge in [-0.2, -0.15) is 0 Å². The minimum atomic E-state index is -3.88. The summed E-state index contributed by atoms with van der Waals surface area (Å²) in [5, 5.41) is 3.63. The molecule has 3 rings (SSSR count). The van der Waals surface area contributed by atoms with Crippen molar-refractivity contribution in [3.63, 3.8) is 0 Å². The second-order valence-corrected chi connectivity index (χ2v) is 7.13. The summed E-state index contributed by atoms with van der Waals surface area (Å²) in [6.07, 6.45) is 1.50. The molecule has 0 unspecified atom stereocenters. The van der Waals surface area contributed by atoms with Crippen molar-refractivity contribution >= 4 is 21.5 Å². The normalized spacial score (nSPS) is 11.2. The van der Waals surface area contributed by atoms with E-state index in [1.165, 1.54) is 38.4 Å². The maximum Gasteiger partial charge on any atom is 0.265 e. The predicted molar refractivity (Wildman–Crippen MR) is 95.7 cm³/mol. The molecule has 3 aromatic rings. The third-order valence-corrected chi connectivity index (χ3v) is 5.14. The van der Waals surface area contributed by atoms with Gasteiger partial charge >= 0.3 is 0 Å². The highest BCUT2D eigenvalue weighted by molar-refractivity contribution is 7.92. The van der Waals surface area contributed by atoms with Gasteiger partial charge in [-0.05, 0) is 49.4 Å². The zero-order valence-electron chi connectivity index (χ0n) is 14.1. The molecule has 1 heterocycles. The quantitative estimate of drug-likeness (QED) is 0.666. The van der Waals surface area contributed by atoms with Crippen LogP contribution in [0, 0.1) is 0 Å². The highest BCUT2D eigenvalue weighted by Gasteiger charge is 2.21. The van der Waals surface area contributed by atoms with Crippen molar-refractivity contribution in [2.45, 2.75) is 11.8 Å². The summed E-state index contributed by atoms with van der Waals surface area (Å²) in [4.78, 5) is 11.3. The highest BCUT2D eigenvalue weighted by Crippen LogP contribution is 2.31. The molecule has 0 spiro atoms. The Labute approximate surface area is 150 Å². The van der Waals surface area contributed by atoms with Crippen LogP contribution in [0.2, 0.25) is 0 Å². The number of aromatic nitrogens is 1. The van der Waals surface area contributed by atoms with E-state index in [0.717, 1.165) is 0 Å². The first-order valence-electron chi connectivity index (χ1n) is 7.63. The first-order valence-corrected chi connectivity index (χ1v) is 9.12. The molecule has 8 heteroatoms. The molecule has 134 valence electrons. The number of Topliss-reactive ketones (excluding diaryl/α,β-unsaturated/α-hetero) is 1. The Morgan fingerprint density at radius 3 is 2.42 bits per heavy atom. The van der Waals surface area contributed by atoms with Crippen molar-refractivity contribution < 1.29 is 22.5 Å². The number of benzene rings is 2. The lowest BCUT2D eigenvalue weighted by molar-refractivity contribution is 0.101. The molecule has 0 bridgehead atoms. The summed E-state index contributed by atoms with van der Waals surface area (Å²) in [5.41, 5.74) is 1.49. The van der Waals surface area contributed by atoms with E-state index in [2.05, 4.69) is 9.88 Å². The van der Waals surface area contributed by atoms with Crippen LogP contribution in [0.15, 0.2) is 64.1 Å². The number of nitrogens with zero attached hydrogens (tertiary/aromatic N) is 1. The summed E-state index contributed by atoms with van der Waals surface area (Å²) in [5.74, 6) is 0.580. The standard InChI is InChI=1S/C18H16N2O5S/c1-12(21)13-3-6-15(7-4-13)20-26(22,23)18-8-5-14(11-17(18)24-2)16-9-10-19-25-16/h3-11,20H,1-2H3. The van der Waals surface area contributed by atoms with Gasteiger partial charge in [0.05, 0.1) is 13.3 Å². The average molecular weight is 372 g/mol. The number of hydrogen-bond donors (Lipinski definition) is 1. The zero-order valence-corrected chi connectivity index (χ0v) is 14.9. The first kappa shape index (κ1) is 17.7. The number of methoxy groups -OCH3 is 1. The molecule has 0 aliphatic heterocycles. The molecule has 1 aromatic heterocycles. The lowest BCUT2D eigenvalue weighted by Gasteiger charge is -2.12. The van der Waals surface area contributed by atoms with Crippen LogP contribution in [0.25, 0.3) is 11.3 Å². The molecule has 7 nitrogen and oxygen atoms in total. The molecular formula is C18H16N2O5S. The van der Waals surface area contributed by atoms with Crippen LogP contribution in [0.5, 0.6) is 5.75 Å². The van der Waals surface area contributed by atoms with Crippen molar-refractivity contribution in [3.8, 4) is 17.1 Å². The number of hydrogen-bond acceptors (Lipinski definition) is 6. The monoisotopic (exact) mass is 372 g/mol. The molecule has 0 amide bonds. The van der Waals surface area contributed by atoms with Gasteiger partial charge in [-0.25, -0.2) is 8.42 Å². The molecule has 0 aliphatic carbocycles. The Bertz CT molecular complexity index is 1030. The zero-order chi connectivity index (χ0) is 18.7. The number of sulfonamides is 1. The van der Waals surface area contributed by atoms with Crippen LogP contribution in [0.1, 0.15) is 17.3 Å². The van der Waals surface area contributed by atoms with E-state index in [0.29, 0.717) is 22.6 Å². The molecule has 2 aromatic carbocycles. The Hall–Kier alpha value is -3.13. The molecule has 26 heavy (non-hydrogen) atoms. The highest BCUT2D eigenvalue weighted by atomic mass is 32.2. The Balaban J connectivity index is 1.92. The topological polar surface area (TPSA) is 98.5 Å². The van der Waals surface area contributed by atoms with E-state index >= 15 is 0 Å². The summed E-state index contributed by atoms with van der Waals surface area (Å²) < 4.78 is 38.2. The second kappa shape index (κ2) is 7.01. The van der Waals surface area contributed by atoms with Crippen LogP contribution in [-0.2, 0) is 10.0 Å². The van der Waals surface area contributed by atoms with Crippen LogP contribution >= 0.6 is 0 Å². The van der Waals surface area contributed by atoms with E-state index in [1.54, 1.807) is 30.3 Å². The Morgan fingerprint density at radius 1 is 1.12 bits per heavy atom. The molecular weight excluding hydrogens is 356 g/mol. The Kier molecular flexibility index (Phi) is 4.77. The molecule has 0 atom stereocenters. The minimum Gasteiger partial charge on any atom is -0.495 e. The van der Waals surface area contributed by atoms with Crippen molar-refractivity contribution in [2.75, 3.05) is 11.8 Å². The van der Waals surface area contributed by atoms with Crippen molar-refractivity contribution in [1.29, 1.82) is 0 Å². The van der Waals surface area contributed by atoms with E-state index in [-0.39, 0.29) is 16.4 Å². The summed E-state index contributed by atoms with van der Waals surface area (Å²) in [6, 6.07) is 12.5. The third-order valence-electron chi connectivity index (χ3n) is 3.72. The smallest absolute Gasteiger partial charge is 0.265 e. The van der Waals surface area contributed by atoms with Gasteiger partial charge < -0.3 is 9.26 Å². The number of carbonyl (C=O) groups is 1. The average Bonchev–Trinajstić information content (AvgIpc) is 3.16. The Morgan fingerprint density at radius 2 is 1.85 bits per heavy atom. The number of ketones is 1. The van der Waals surface area contributed by atoms with Gasteiger partial charge in [-0.15, -0.1) is 0 Å². The van der Waals surface area contributed by atoms with Gasteiger partial charge in [0, 0.05) is 22.9 Å². The number of ether oxygens (including phenoxy) is 1. The number of anilines is 1. The molecule has 0 fully saturated rings. The minimum absolute atomic E-state index is 0.0149. The fourth-order valence-corrected chi connectivity index (χ4v) is 3.60.